The largest absolute Gasteiger partial charge is 0.308 e. The minimum atomic E-state index is 0.633. The minimum Gasteiger partial charge on any atom is -0.308 e. The Morgan fingerprint density at radius 3 is 2.45 bits per heavy atom. The van der Waals surface area contributed by atoms with Gasteiger partial charge in [0.15, 0.2) is 0 Å². The third kappa shape index (κ3) is 4.20. The van der Waals surface area contributed by atoms with E-state index in [4.69, 9.17) is 0 Å². The van der Waals surface area contributed by atoms with Gasteiger partial charge in [0.25, 0.3) is 0 Å². The summed E-state index contributed by atoms with van der Waals surface area (Å²) in [6, 6.07) is 1.31. The molecule has 0 aliphatic carbocycles. The maximum atomic E-state index is 3.48. The Labute approximate surface area is 70.9 Å². The first-order chi connectivity index (χ1) is 5.33. The molecule has 1 aliphatic heterocycles. The van der Waals surface area contributed by atoms with E-state index in [1.807, 2.05) is 13.8 Å². The average Bonchev–Trinajstić information content (AvgIpc) is 2.08. The van der Waals surface area contributed by atoms with Gasteiger partial charge in [-0.15, -0.1) is 0 Å². The second-order valence-electron chi connectivity index (χ2n) is 2.75. The first-order valence-electron chi connectivity index (χ1n) is 4.75. The average molecular weight is 155 g/mol. The summed E-state index contributed by atoms with van der Waals surface area (Å²) in [5, 5.41) is 3.48. The molecule has 11 heavy (non-hydrogen) atoms. The molecule has 1 rings (SSSR count). The predicted octanol–water partition coefficient (Wildman–Crippen LogP) is 2.73. The van der Waals surface area contributed by atoms with Crippen molar-refractivity contribution in [3.63, 3.8) is 0 Å². The van der Waals surface area contributed by atoms with E-state index in [9.17, 15) is 0 Å². The number of hydrogen-bond acceptors (Lipinski definition) is 1. The molecule has 1 heterocycles. The number of hydrogen-bond donors (Lipinski definition) is 1. The third-order valence-electron chi connectivity index (χ3n) is 1.80. The van der Waals surface area contributed by atoms with Gasteiger partial charge in [-0.05, 0) is 19.8 Å². The highest BCUT2D eigenvalue weighted by molar-refractivity contribution is 4.99. The van der Waals surface area contributed by atoms with Gasteiger partial charge in [0.05, 0.1) is 0 Å². The van der Waals surface area contributed by atoms with Crippen LogP contribution in [0.5, 0.6) is 0 Å². The predicted molar refractivity (Wildman–Crippen MR) is 51.8 cm³/mol. The van der Waals surface area contributed by atoms with E-state index in [1.165, 1.54) is 12.8 Å². The lowest BCUT2D eigenvalue weighted by Gasteiger charge is -2.22. The van der Waals surface area contributed by atoms with Gasteiger partial charge in [0.2, 0.25) is 0 Å². The second-order valence-corrected chi connectivity index (χ2v) is 2.75. The highest BCUT2D eigenvalue weighted by atomic mass is 14.9. The summed E-state index contributed by atoms with van der Waals surface area (Å²) in [6.07, 6.45) is 6.94. The first-order valence-corrected chi connectivity index (χ1v) is 4.75. The van der Waals surface area contributed by atoms with Crippen molar-refractivity contribution in [2.45, 2.75) is 52.6 Å². The highest BCUT2D eigenvalue weighted by Crippen LogP contribution is 2.05. The van der Waals surface area contributed by atoms with Crippen molar-refractivity contribution in [3.8, 4) is 0 Å². The maximum Gasteiger partial charge on any atom is 0.0249 e. The van der Waals surface area contributed by atoms with Crippen molar-refractivity contribution in [2.24, 2.45) is 0 Å². The van der Waals surface area contributed by atoms with Crippen LogP contribution in [0.25, 0.3) is 0 Å². The molecule has 0 aromatic heterocycles. The Kier molecular flexibility index (Phi) is 6.24. The van der Waals surface area contributed by atoms with E-state index >= 15 is 0 Å². The molecule has 0 radical (unpaired) electrons. The molecule has 0 bridgehead atoms. The molecular formula is C10H21N. The molecule has 0 aromatic rings. The molecule has 0 aromatic carbocycles. The van der Waals surface area contributed by atoms with Crippen molar-refractivity contribution in [1.29, 1.82) is 0 Å². The van der Waals surface area contributed by atoms with Gasteiger partial charge in [-0.3, -0.25) is 0 Å². The van der Waals surface area contributed by atoms with Crippen LogP contribution in [0.4, 0.5) is 0 Å². The zero-order valence-electron chi connectivity index (χ0n) is 8.22. The van der Waals surface area contributed by atoms with Crippen molar-refractivity contribution in [2.75, 3.05) is 0 Å². The van der Waals surface area contributed by atoms with Crippen LogP contribution in [0.3, 0.4) is 0 Å². The smallest absolute Gasteiger partial charge is 0.0249 e. The Hall–Kier alpha value is -0.300. The fraction of sp³-hybridized carbons (Fsp3) is 0.800. The topological polar surface area (TPSA) is 12.0 Å². The normalized spacial score (nSPS) is 29.1. The SMILES string of the molecule is CC.CCC1C=CCC(C)N1. The highest BCUT2D eigenvalue weighted by Gasteiger charge is 2.09. The van der Waals surface area contributed by atoms with Crippen LogP contribution in [0.15, 0.2) is 12.2 Å². The molecule has 2 atom stereocenters. The van der Waals surface area contributed by atoms with E-state index in [-0.39, 0.29) is 0 Å². The van der Waals surface area contributed by atoms with Crippen molar-refractivity contribution in [1.82, 2.24) is 5.32 Å². The van der Waals surface area contributed by atoms with E-state index in [0.29, 0.717) is 12.1 Å². The molecule has 1 N–H and O–H groups in total. The third-order valence-corrected chi connectivity index (χ3v) is 1.80. The lowest BCUT2D eigenvalue weighted by atomic mass is 10.1. The summed E-state index contributed by atoms with van der Waals surface area (Å²) in [4.78, 5) is 0. The van der Waals surface area contributed by atoms with Gasteiger partial charge in [0.1, 0.15) is 0 Å². The van der Waals surface area contributed by atoms with Gasteiger partial charge >= 0.3 is 0 Å². The lowest BCUT2D eigenvalue weighted by molar-refractivity contribution is 0.469. The van der Waals surface area contributed by atoms with E-state index in [0.717, 1.165) is 0 Å². The zero-order valence-corrected chi connectivity index (χ0v) is 8.22. The van der Waals surface area contributed by atoms with E-state index in [1.54, 1.807) is 0 Å². The van der Waals surface area contributed by atoms with Crippen molar-refractivity contribution >= 4 is 0 Å². The summed E-state index contributed by atoms with van der Waals surface area (Å²) < 4.78 is 0. The van der Waals surface area contributed by atoms with Crippen LogP contribution < -0.4 is 5.32 Å². The molecule has 0 saturated carbocycles. The van der Waals surface area contributed by atoms with Gasteiger partial charge in [-0.1, -0.05) is 32.9 Å². The minimum absolute atomic E-state index is 0.633. The van der Waals surface area contributed by atoms with Crippen LogP contribution in [0.1, 0.15) is 40.5 Å². The van der Waals surface area contributed by atoms with Crippen molar-refractivity contribution in [3.05, 3.63) is 12.2 Å². The molecule has 0 amide bonds. The second kappa shape index (κ2) is 6.41. The summed E-state index contributed by atoms with van der Waals surface area (Å²) in [5.41, 5.74) is 0. The molecule has 1 nitrogen and oxygen atoms in total. The molecular weight excluding hydrogens is 134 g/mol. The lowest BCUT2D eigenvalue weighted by Crippen LogP contribution is -2.36. The fourth-order valence-electron chi connectivity index (χ4n) is 1.19. The monoisotopic (exact) mass is 155 g/mol. The molecule has 1 aliphatic rings. The van der Waals surface area contributed by atoms with Crippen LogP contribution in [0, 0.1) is 0 Å². The fourth-order valence-corrected chi connectivity index (χ4v) is 1.19. The van der Waals surface area contributed by atoms with Crippen LogP contribution in [-0.2, 0) is 0 Å². The van der Waals surface area contributed by atoms with Crippen LogP contribution in [0.2, 0.25) is 0 Å². The summed E-state index contributed by atoms with van der Waals surface area (Å²) >= 11 is 0. The maximum absolute atomic E-state index is 3.48. The molecule has 0 saturated heterocycles. The quantitative estimate of drug-likeness (QED) is 0.574. The Balaban J connectivity index is 0.000000461. The molecule has 66 valence electrons. The van der Waals surface area contributed by atoms with Gasteiger partial charge in [-0.2, -0.15) is 0 Å². The standard InChI is InChI=1S/C8H15N.C2H6/c1-3-8-6-4-5-7(2)9-8;1-2/h4,6-9H,3,5H2,1-2H3;1-2H3. The summed E-state index contributed by atoms with van der Waals surface area (Å²) in [7, 11) is 0. The van der Waals surface area contributed by atoms with Gasteiger partial charge in [-0.25, -0.2) is 0 Å². The van der Waals surface area contributed by atoms with Crippen LogP contribution in [-0.4, -0.2) is 12.1 Å². The molecule has 0 spiro atoms. The number of nitrogens with one attached hydrogen (secondary N) is 1. The summed E-state index contributed by atoms with van der Waals surface area (Å²) in [6.45, 7) is 8.44. The molecule has 1 heteroatoms. The Bertz CT molecular complexity index is 107. The molecule has 0 fully saturated rings. The van der Waals surface area contributed by atoms with Crippen molar-refractivity contribution < 1.29 is 0 Å². The summed E-state index contributed by atoms with van der Waals surface area (Å²) in [5.74, 6) is 0. The van der Waals surface area contributed by atoms with Gasteiger partial charge in [0, 0.05) is 12.1 Å². The van der Waals surface area contributed by atoms with E-state index in [2.05, 4.69) is 31.3 Å². The Morgan fingerprint density at radius 2 is 2.09 bits per heavy atom. The first kappa shape index (κ1) is 10.7. The van der Waals surface area contributed by atoms with E-state index < -0.39 is 0 Å². The Morgan fingerprint density at radius 1 is 1.45 bits per heavy atom. The zero-order chi connectivity index (χ0) is 8.69. The van der Waals surface area contributed by atoms with Crippen LogP contribution >= 0.6 is 0 Å². The van der Waals surface area contributed by atoms with Gasteiger partial charge < -0.3 is 5.32 Å². The number of rotatable bonds is 1. The molecule has 2 unspecified atom stereocenters.